The van der Waals surface area contributed by atoms with Crippen LogP contribution in [0.3, 0.4) is 0 Å². The molecule has 0 radical (unpaired) electrons. The normalized spacial score (nSPS) is 10.3. The first-order chi connectivity index (χ1) is 6.27. The highest BCUT2D eigenvalue weighted by atomic mass is 16.3. The maximum absolute atomic E-state index is 9.46. The van der Waals surface area contributed by atoms with Gasteiger partial charge in [-0.05, 0) is 30.0 Å². The van der Waals surface area contributed by atoms with E-state index in [9.17, 15) is 5.11 Å². The van der Waals surface area contributed by atoms with Gasteiger partial charge in [0.2, 0.25) is 0 Å². The summed E-state index contributed by atoms with van der Waals surface area (Å²) in [6.07, 6.45) is 1.01. The lowest BCUT2D eigenvalue weighted by Gasteiger charge is -2.04. The summed E-state index contributed by atoms with van der Waals surface area (Å²) in [6, 6.07) is 5.25. The molecule has 0 aromatic heterocycles. The summed E-state index contributed by atoms with van der Waals surface area (Å²) in [5.41, 5.74) is 1.64. The fourth-order valence-corrected chi connectivity index (χ4v) is 1.23. The summed E-state index contributed by atoms with van der Waals surface area (Å²) in [5, 5.41) is 26.8. The average molecular weight is 182 g/mol. The Morgan fingerprint density at radius 3 is 2.23 bits per heavy atom. The first kappa shape index (κ1) is 10.0. The third kappa shape index (κ3) is 2.72. The maximum atomic E-state index is 9.46. The fourth-order valence-electron chi connectivity index (χ4n) is 1.23. The molecule has 0 atom stereocenters. The molecule has 72 valence electrons. The van der Waals surface area contributed by atoms with E-state index in [1.807, 2.05) is 6.07 Å². The van der Waals surface area contributed by atoms with Crippen LogP contribution in [-0.2, 0) is 12.8 Å². The molecule has 1 aromatic rings. The van der Waals surface area contributed by atoms with E-state index in [0.717, 1.165) is 11.1 Å². The first-order valence-corrected chi connectivity index (χ1v) is 4.30. The second-order valence-corrected chi connectivity index (χ2v) is 2.91. The van der Waals surface area contributed by atoms with Gasteiger partial charge in [0.05, 0.1) is 0 Å². The molecule has 0 fully saturated rings. The number of benzene rings is 1. The summed E-state index contributed by atoms with van der Waals surface area (Å²) < 4.78 is 0. The highest BCUT2D eigenvalue weighted by Crippen LogP contribution is 2.19. The average Bonchev–Trinajstić information content (AvgIpc) is 2.10. The summed E-state index contributed by atoms with van der Waals surface area (Å²) >= 11 is 0. The Labute approximate surface area is 77.3 Å². The third-order valence-corrected chi connectivity index (χ3v) is 1.93. The smallest absolute Gasteiger partial charge is 0.119 e. The van der Waals surface area contributed by atoms with Crippen LogP contribution >= 0.6 is 0 Å². The van der Waals surface area contributed by atoms with E-state index in [1.54, 1.807) is 12.1 Å². The van der Waals surface area contributed by atoms with Crippen LogP contribution in [-0.4, -0.2) is 28.5 Å². The van der Waals surface area contributed by atoms with E-state index in [1.165, 1.54) is 0 Å². The molecule has 0 spiro atoms. The van der Waals surface area contributed by atoms with E-state index >= 15 is 0 Å². The van der Waals surface area contributed by atoms with Gasteiger partial charge in [-0.2, -0.15) is 0 Å². The zero-order valence-corrected chi connectivity index (χ0v) is 7.40. The second kappa shape index (κ2) is 4.84. The van der Waals surface area contributed by atoms with Gasteiger partial charge in [0, 0.05) is 13.2 Å². The van der Waals surface area contributed by atoms with Crippen molar-refractivity contribution < 1.29 is 15.3 Å². The van der Waals surface area contributed by atoms with Crippen LogP contribution in [0.5, 0.6) is 5.75 Å². The van der Waals surface area contributed by atoms with E-state index < -0.39 is 0 Å². The molecule has 3 N–H and O–H groups in total. The van der Waals surface area contributed by atoms with Crippen molar-refractivity contribution in [1.82, 2.24) is 0 Å². The number of phenolic OH excluding ortho intramolecular Hbond substituents is 1. The Kier molecular flexibility index (Phi) is 3.73. The highest BCUT2D eigenvalue weighted by Gasteiger charge is 2.01. The summed E-state index contributed by atoms with van der Waals surface area (Å²) in [4.78, 5) is 0. The molecule has 0 bridgehead atoms. The summed E-state index contributed by atoms with van der Waals surface area (Å²) in [5.74, 6) is 0.194. The number of aromatic hydroxyl groups is 1. The molecule has 13 heavy (non-hydrogen) atoms. The van der Waals surface area contributed by atoms with Crippen LogP contribution in [0.1, 0.15) is 11.1 Å². The molecular formula is C10H14O3. The molecule has 0 aliphatic heterocycles. The lowest BCUT2D eigenvalue weighted by Crippen LogP contribution is -1.94. The van der Waals surface area contributed by atoms with Gasteiger partial charge in [-0.25, -0.2) is 0 Å². The number of phenols is 1. The molecule has 0 heterocycles. The van der Waals surface area contributed by atoms with Crippen LogP contribution in [0.4, 0.5) is 0 Å². The van der Waals surface area contributed by atoms with E-state index in [0.29, 0.717) is 12.8 Å². The van der Waals surface area contributed by atoms with Gasteiger partial charge in [-0.1, -0.05) is 12.1 Å². The third-order valence-electron chi connectivity index (χ3n) is 1.93. The molecule has 3 heteroatoms. The number of hydrogen-bond donors (Lipinski definition) is 3. The number of aliphatic hydroxyl groups is 2. The topological polar surface area (TPSA) is 60.7 Å². The summed E-state index contributed by atoms with van der Waals surface area (Å²) in [7, 11) is 0. The van der Waals surface area contributed by atoms with Crippen molar-refractivity contribution in [2.75, 3.05) is 13.2 Å². The second-order valence-electron chi connectivity index (χ2n) is 2.91. The van der Waals surface area contributed by atoms with Crippen LogP contribution < -0.4 is 0 Å². The number of rotatable bonds is 4. The van der Waals surface area contributed by atoms with Gasteiger partial charge < -0.3 is 15.3 Å². The minimum Gasteiger partial charge on any atom is -0.508 e. The molecule has 0 saturated heterocycles. The number of aliphatic hydroxyl groups excluding tert-OH is 2. The lowest BCUT2D eigenvalue weighted by molar-refractivity contribution is 0.296. The standard InChI is InChI=1S/C10H14O3/c11-5-3-8-1-2-9(4-6-12)10(13)7-8/h1-2,7,11-13H,3-6H2. The fraction of sp³-hybridized carbons (Fsp3) is 0.400. The molecular weight excluding hydrogens is 168 g/mol. The lowest BCUT2D eigenvalue weighted by atomic mass is 10.1. The highest BCUT2D eigenvalue weighted by molar-refractivity contribution is 5.36. The van der Waals surface area contributed by atoms with Crippen molar-refractivity contribution in [2.24, 2.45) is 0 Å². The maximum Gasteiger partial charge on any atom is 0.119 e. The molecule has 0 saturated carbocycles. The van der Waals surface area contributed by atoms with E-state index in [2.05, 4.69) is 0 Å². The van der Waals surface area contributed by atoms with Gasteiger partial charge in [-0.3, -0.25) is 0 Å². The molecule has 0 aliphatic carbocycles. The Bertz CT molecular complexity index is 271. The zero-order valence-electron chi connectivity index (χ0n) is 7.40. The molecule has 1 aromatic carbocycles. The van der Waals surface area contributed by atoms with Gasteiger partial charge in [-0.15, -0.1) is 0 Å². The van der Waals surface area contributed by atoms with Crippen molar-refractivity contribution >= 4 is 0 Å². The van der Waals surface area contributed by atoms with Crippen molar-refractivity contribution in [2.45, 2.75) is 12.8 Å². The van der Waals surface area contributed by atoms with Crippen LogP contribution in [0, 0.1) is 0 Å². The zero-order chi connectivity index (χ0) is 9.68. The van der Waals surface area contributed by atoms with E-state index in [4.69, 9.17) is 10.2 Å². The Balaban J connectivity index is 2.79. The van der Waals surface area contributed by atoms with Gasteiger partial charge >= 0.3 is 0 Å². The van der Waals surface area contributed by atoms with Crippen LogP contribution in [0.2, 0.25) is 0 Å². The minimum absolute atomic E-state index is 0.0346. The molecule has 0 unspecified atom stereocenters. The minimum atomic E-state index is 0.0346. The molecule has 0 aliphatic rings. The predicted octanol–water partition coefficient (Wildman–Crippen LogP) is 0.462. The van der Waals surface area contributed by atoms with Crippen molar-refractivity contribution in [1.29, 1.82) is 0 Å². The van der Waals surface area contributed by atoms with Crippen LogP contribution in [0.15, 0.2) is 18.2 Å². The quantitative estimate of drug-likeness (QED) is 0.634. The Morgan fingerprint density at radius 2 is 1.69 bits per heavy atom. The van der Waals surface area contributed by atoms with Gasteiger partial charge in [0.25, 0.3) is 0 Å². The van der Waals surface area contributed by atoms with Gasteiger partial charge in [0.1, 0.15) is 5.75 Å². The van der Waals surface area contributed by atoms with Crippen molar-refractivity contribution in [3.8, 4) is 5.75 Å². The SMILES string of the molecule is OCCc1ccc(CCO)c(O)c1. The molecule has 3 nitrogen and oxygen atoms in total. The largest absolute Gasteiger partial charge is 0.508 e. The predicted molar refractivity (Wildman–Crippen MR) is 49.7 cm³/mol. The monoisotopic (exact) mass is 182 g/mol. The summed E-state index contributed by atoms with van der Waals surface area (Å²) in [6.45, 7) is 0.117. The van der Waals surface area contributed by atoms with Crippen LogP contribution in [0.25, 0.3) is 0 Å². The number of hydrogen-bond acceptors (Lipinski definition) is 3. The van der Waals surface area contributed by atoms with Gasteiger partial charge in [0.15, 0.2) is 0 Å². The molecule has 0 amide bonds. The first-order valence-electron chi connectivity index (χ1n) is 4.30. The van der Waals surface area contributed by atoms with Crippen molar-refractivity contribution in [3.05, 3.63) is 29.3 Å². The Morgan fingerprint density at radius 1 is 1.00 bits per heavy atom. The van der Waals surface area contributed by atoms with E-state index in [-0.39, 0.29) is 19.0 Å². The van der Waals surface area contributed by atoms with Crippen molar-refractivity contribution in [3.63, 3.8) is 0 Å². The molecule has 1 rings (SSSR count). The Hall–Kier alpha value is -1.06.